The smallest absolute Gasteiger partial charge is 0.0720 e. The lowest BCUT2D eigenvalue weighted by Crippen LogP contribution is -2.01. The molecule has 0 heterocycles. The van der Waals surface area contributed by atoms with Crippen LogP contribution in [0.15, 0.2) is 28.7 Å². The Hall–Kier alpha value is -0.340. The maximum Gasteiger partial charge on any atom is 0.0720 e. The van der Waals surface area contributed by atoms with Crippen LogP contribution in [0.3, 0.4) is 0 Å². The van der Waals surface area contributed by atoms with Crippen molar-refractivity contribution in [1.29, 1.82) is 0 Å². The summed E-state index contributed by atoms with van der Waals surface area (Å²) in [5, 5.41) is 0. The molecule has 0 aliphatic carbocycles. The van der Waals surface area contributed by atoms with E-state index in [1.165, 1.54) is 5.56 Å². The number of hydrogen-bond acceptors (Lipinski definition) is 1. The summed E-state index contributed by atoms with van der Waals surface area (Å²) in [7, 11) is 0. The standard InChI is InChI=1S/C10H13BrO/c1-8(2)12-7-9-3-5-10(11)6-4-9/h3-6,8H,7H2,1-2H3. The monoisotopic (exact) mass is 228 g/mol. The molecule has 0 atom stereocenters. The fourth-order valence-corrected chi connectivity index (χ4v) is 1.11. The maximum atomic E-state index is 5.45. The highest BCUT2D eigenvalue weighted by atomic mass is 79.9. The Labute approximate surface area is 81.9 Å². The van der Waals surface area contributed by atoms with Gasteiger partial charge in [-0.1, -0.05) is 28.1 Å². The minimum Gasteiger partial charge on any atom is -0.374 e. The van der Waals surface area contributed by atoms with Crippen molar-refractivity contribution < 1.29 is 4.74 Å². The normalized spacial score (nSPS) is 10.7. The van der Waals surface area contributed by atoms with Crippen molar-refractivity contribution in [1.82, 2.24) is 0 Å². The Morgan fingerprint density at radius 1 is 1.25 bits per heavy atom. The molecule has 0 N–H and O–H groups in total. The molecule has 0 spiro atoms. The van der Waals surface area contributed by atoms with Gasteiger partial charge in [0.2, 0.25) is 0 Å². The van der Waals surface area contributed by atoms with Crippen LogP contribution in [0.5, 0.6) is 0 Å². The van der Waals surface area contributed by atoms with Gasteiger partial charge in [0, 0.05) is 4.47 Å². The van der Waals surface area contributed by atoms with Crippen molar-refractivity contribution in [2.45, 2.75) is 26.6 Å². The molecule has 0 fully saturated rings. The van der Waals surface area contributed by atoms with E-state index >= 15 is 0 Å². The molecule has 0 radical (unpaired) electrons. The van der Waals surface area contributed by atoms with E-state index in [0.717, 1.165) is 4.47 Å². The minimum atomic E-state index is 0.300. The lowest BCUT2D eigenvalue weighted by molar-refractivity contribution is 0.0657. The molecule has 12 heavy (non-hydrogen) atoms. The van der Waals surface area contributed by atoms with E-state index in [2.05, 4.69) is 28.1 Å². The van der Waals surface area contributed by atoms with Gasteiger partial charge in [0.1, 0.15) is 0 Å². The summed E-state index contributed by atoms with van der Waals surface area (Å²) in [5.41, 5.74) is 1.21. The van der Waals surface area contributed by atoms with E-state index in [1.807, 2.05) is 26.0 Å². The van der Waals surface area contributed by atoms with Gasteiger partial charge in [-0.25, -0.2) is 0 Å². The van der Waals surface area contributed by atoms with Crippen LogP contribution in [0.4, 0.5) is 0 Å². The molecule has 0 unspecified atom stereocenters. The third-order valence-corrected chi connectivity index (χ3v) is 2.03. The summed E-state index contributed by atoms with van der Waals surface area (Å²) < 4.78 is 6.56. The summed E-state index contributed by atoms with van der Waals surface area (Å²) in [6.07, 6.45) is 0.300. The van der Waals surface area contributed by atoms with Crippen LogP contribution in [0, 0.1) is 0 Å². The van der Waals surface area contributed by atoms with Crippen LogP contribution < -0.4 is 0 Å². The molecule has 1 aromatic rings. The fraction of sp³-hybridized carbons (Fsp3) is 0.400. The van der Waals surface area contributed by atoms with Gasteiger partial charge in [-0.15, -0.1) is 0 Å². The van der Waals surface area contributed by atoms with Gasteiger partial charge in [0.05, 0.1) is 12.7 Å². The minimum absolute atomic E-state index is 0.300. The summed E-state index contributed by atoms with van der Waals surface area (Å²) in [5.74, 6) is 0. The second kappa shape index (κ2) is 4.63. The van der Waals surface area contributed by atoms with Crippen LogP contribution in [0.25, 0.3) is 0 Å². The Kier molecular flexibility index (Phi) is 3.76. The van der Waals surface area contributed by atoms with Gasteiger partial charge in [-0.3, -0.25) is 0 Å². The molecule has 0 bridgehead atoms. The third kappa shape index (κ3) is 3.37. The van der Waals surface area contributed by atoms with Crippen molar-refractivity contribution in [3.63, 3.8) is 0 Å². The zero-order chi connectivity index (χ0) is 8.97. The number of rotatable bonds is 3. The number of ether oxygens (including phenoxy) is 1. The van der Waals surface area contributed by atoms with Gasteiger partial charge >= 0.3 is 0 Å². The van der Waals surface area contributed by atoms with Crippen molar-refractivity contribution in [3.8, 4) is 0 Å². The van der Waals surface area contributed by atoms with Gasteiger partial charge in [-0.2, -0.15) is 0 Å². The van der Waals surface area contributed by atoms with E-state index in [1.54, 1.807) is 0 Å². The van der Waals surface area contributed by atoms with Gasteiger partial charge in [0.15, 0.2) is 0 Å². The Morgan fingerprint density at radius 3 is 2.33 bits per heavy atom. The second-order valence-corrected chi connectivity index (χ2v) is 3.90. The average molecular weight is 229 g/mol. The SMILES string of the molecule is CC(C)OCc1ccc(Br)cc1. The van der Waals surface area contributed by atoms with Crippen molar-refractivity contribution in [2.75, 3.05) is 0 Å². The molecule has 2 heteroatoms. The summed E-state index contributed by atoms with van der Waals surface area (Å²) in [6, 6.07) is 8.18. The number of hydrogen-bond donors (Lipinski definition) is 0. The zero-order valence-corrected chi connectivity index (χ0v) is 8.97. The van der Waals surface area contributed by atoms with Crippen LogP contribution in [-0.4, -0.2) is 6.10 Å². The molecule has 1 rings (SSSR count). The van der Waals surface area contributed by atoms with E-state index < -0.39 is 0 Å². The first-order chi connectivity index (χ1) is 5.68. The van der Waals surface area contributed by atoms with E-state index in [9.17, 15) is 0 Å². The molecule has 0 aliphatic heterocycles. The molecule has 0 saturated carbocycles. The molecule has 66 valence electrons. The van der Waals surface area contributed by atoms with E-state index in [4.69, 9.17) is 4.74 Å². The van der Waals surface area contributed by atoms with Gasteiger partial charge in [0.25, 0.3) is 0 Å². The Balaban J connectivity index is 2.48. The van der Waals surface area contributed by atoms with Crippen LogP contribution in [0.1, 0.15) is 19.4 Å². The Morgan fingerprint density at radius 2 is 1.83 bits per heavy atom. The van der Waals surface area contributed by atoms with Crippen molar-refractivity contribution >= 4 is 15.9 Å². The lowest BCUT2D eigenvalue weighted by atomic mass is 10.2. The van der Waals surface area contributed by atoms with E-state index in [-0.39, 0.29) is 0 Å². The summed E-state index contributed by atoms with van der Waals surface area (Å²) in [6.45, 7) is 4.78. The molecule has 0 saturated heterocycles. The highest BCUT2D eigenvalue weighted by Gasteiger charge is 1.95. The zero-order valence-electron chi connectivity index (χ0n) is 7.38. The molecule has 0 amide bonds. The Bertz CT molecular complexity index is 228. The lowest BCUT2D eigenvalue weighted by Gasteiger charge is -2.06. The molecule has 1 nitrogen and oxygen atoms in total. The topological polar surface area (TPSA) is 9.23 Å². The predicted octanol–water partition coefficient (Wildman–Crippen LogP) is 3.37. The molecular formula is C10H13BrO. The quantitative estimate of drug-likeness (QED) is 0.772. The molecule has 0 aliphatic rings. The van der Waals surface area contributed by atoms with Crippen molar-refractivity contribution in [2.24, 2.45) is 0 Å². The third-order valence-electron chi connectivity index (χ3n) is 1.50. The fourth-order valence-electron chi connectivity index (χ4n) is 0.844. The van der Waals surface area contributed by atoms with Crippen LogP contribution in [0.2, 0.25) is 0 Å². The number of benzene rings is 1. The summed E-state index contributed by atoms with van der Waals surface area (Å²) in [4.78, 5) is 0. The van der Waals surface area contributed by atoms with Gasteiger partial charge < -0.3 is 4.74 Å². The summed E-state index contributed by atoms with van der Waals surface area (Å²) >= 11 is 3.38. The molecule has 0 aromatic heterocycles. The first-order valence-corrected chi connectivity index (χ1v) is 4.84. The van der Waals surface area contributed by atoms with Crippen LogP contribution >= 0.6 is 15.9 Å². The maximum absolute atomic E-state index is 5.45. The molecule has 1 aromatic carbocycles. The highest BCUT2D eigenvalue weighted by molar-refractivity contribution is 9.10. The predicted molar refractivity (Wildman–Crippen MR) is 54.1 cm³/mol. The second-order valence-electron chi connectivity index (χ2n) is 2.99. The first kappa shape index (κ1) is 9.75. The van der Waals surface area contributed by atoms with Crippen LogP contribution in [-0.2, 0) is 11.3 Å². The highest BCUT2D eigenvalue weighted by Crippen LogP contribution is 2.11. The average Bonchev–Trinajstić information content (AvgIpc) is 2.03. The van der Waals surface area contributed by atoms with E-state index in [0.29, 0.717) is 12.7 Å². The largest absolute Gasteiger partial charge is 0.374 e. The molecular weight excluding hydrogens is 216 g/mol. The van der Waals surface area contributed by atoms with Crippen molar-refractivity contribution in [3.05, 3.63) is 34.3 Å². The first-order valence-electron chi connectivity index (χ1n) is 4.04. The number of halogens is 1. The van der Waals surface area contributed by atoms with Gasteiger partial charge in [-0.05, 0) is 31.5 Å².